The van der Waals surface area contributed by atoms with E-state index in [1.165, 1.54) is 6.92 Å². The second kappa shape index (κ2) is 5.02. The molecule has 1 atom stereocenters. The van der Waals surface area contributed by atoms with Gasteiger partial charge in [0.05, 0.1) is 12.1 Å². The number of likely N-dealkylation sites (tertiary alicyclic amines) is 1. The van der Waals surface area contributed by atoms with Gasteiger partial charge >= 0.3 is 12.2 Å². The molecule has 0 spiro atoms. The SMILES string of the molecule is CC(=O)N1CCC(Oc2ncc(C(F)(F)F)cn2)C1. The molecule has 0 aliphatic carbocycles. The Morgan fingerprint density at radius 2 is 2.05 bits per heavy atom. The molecule has 1 aliphatic rings. The monoisotopic (exact) mass is 275 g/mol. The number of ether oxygens (including phenoxy) is 1. The predicted octanol–water partition coefficient (Wildman–Crippen LogP) is 1.50. The van der Waals surface area contributed by atoms with E-state index in [9.17, 15) is 18.0 Å². The highest BCUT2D eigenvalue weighted by molar-refractivity contribution is 5.73. The Morgan fingerprint density at radius 1 is 1.42 bits per heavy atom. The molecule has 1 aliphatic heterocycles. The lowest BCUT2D eigenvalue weighted by molar-refractivity contribution is -0.138. The van der Waals surface area contributed by atoms with Crippen molar-refractivity contribution >= 4 is 5.91 Å². The molecule has 2 rings (SSSR count). The van der Waals surface area contributed by atoms with E-state index < -0.39 is 11.7 Å². The number of halogens is 3. The third kappa shape index (κ3) is 3.33. The molecule has 5 nitrogen and oxygen atoms in total. The lowest BCUT2D eigenvalue weighted by Gasteiger charge is -2.14. The summed E-state index contributed by atoms with van der Waals surface area (Å²) in [5.74, 6) is -0.0561. The van der Waals surface area contributed by atoms with Crippen LogP contribution in [0, 0.1) is 0 Å². The molecule has 19 heavy (non-hydrogen) atoms. The summed E-state index contributed by atoms with van der Waals surface area (Å²) >= 11 is 0. The fourth-order valence-electron chi connectivity index (χ4n) is 1.78. The normalized spacial score (nSPS) is 19.6. The number of hydrogen-bond donors (Lipinski definition) is 0. The highest BCUT2D eigenvalue weighted by Gasteiger charge is 2.32. The number of amides is 1. The van der Waals surface area contributed by atoms with Crippen molar-refractivity contribution in [2.75, 3.05) is 13.1 Å². The molecule has 0 aromatic carbocycles. The second-order valence-corrected chi connectivity index (χ2v) is 4.25. The van der Waals surface area contributed by atoms with Crippen molar-refractivity contribution in [2.24, 2.45) is 0 Å². The van der Waals surface area contributed by atoms with E-state index in [2.05, 4.69) is 9.97 Å². The van der Waals surface area contributed by atoms with Crippen molar-refractivity contribution in [1.82, 2.24) is 14.9 Å². The van der Waals surface area contributed by atoms with Crippen LogP contribution in [-0.2, 0) is 11.0 Å². The summed E-state index contributed by atoms with van der Waals surface area (Å²) < 4.78 is 42.2. The van der Waals surface area contributed by atoms with E-state index in [1.807, 2.05) is 0 Å². The minimum Gasteiger partial charge on any atom is -0.458 e. The van der Waals surface area contributed by atoms with Crippen molar-refractivity contribution in [3.8, 4) is 6.01 Å². The molecule has 1 aromatic rings. The number of hydrogen-bond acceptors (Lipinski definition) is 4. The quantitative estimate of drug-likeness (QED) is 0.820. The molecule has 8 heteroatoms. The first kappa shape index (κ1) is 13.6. The van der Waals surface area contributed by atoms with Crippen LogP contribution in [0.1, 0.15) is 18.9 Å². The van der Waals surface area contributed by atoms with Crippen LogP contribution in [0.15, 0.2) is 12.4 Å². The van der Waals surface area contributed by atoms with E-state index in [0.717, 1.165) is 0 Å². The Bertz CT molecular complexity index is 461. The van der Waals surface area contributed by atoms with Gasteiger partial charge in [-0.15, -0.1) is 0 Å². The van der Waals surface area contributed by atoms with Gasteiger partial charge in [-0.3, -0.25) is 4.79 Å². The van der Waals surface area contributed by atoms with Gasteiger partial charge in [0, 0.05) is 32.3 Å². The topological polar surface area (TPSA) is 55.3 Å². The number of carbonyl (C=O) groups is 1. The van der Waals surface area contributed by atoms with E-state index >= 15 is 0 Å². The van der Waals surface area contributed by atoms with Gasteiger partial charge in [-0.25, -0.2) is 9.97 Å². The van der Waals surface area contributed by atoms with Crippen molar-refractivity contribution in [3.63, 3.8) is 0 Å². The summed E-state index contributed by atoms with van der Waals surface area (Å²) in [6.45, 7) is 2.43. The summed E-state index contributed by atoms with van der Waals surface area (Å²) in [6.07, 6.45) is -2.76. The summed E-state index contributed by atoms with van der Waals surface area (Å²) in [5, 5.41) is 0. The summed E-state index contributed by atoms with van der Waals surface area (Å²) in [7, 11) is 0. The van der Waals surface area contributed by atoms with Crippen LogP contribution >= 0.6 is 0 Å². The maximum atomic E-state index is 12.3. The van der Waals surface area contributed by atoms with Crippen molar-refractivity contribution in [1.29, 1.82) is 0 Å². The van der Waals surface area contributed by atoms with Crippen molar-refractivity contribution in [2.45, 2.75) is 25.6 Å². The lowest BCUT2D eigenvalue weighted by atomic mass is 10.3. The maximum absolute atomic E-state index is 12.3. The number of rotatable bonds is 2. The molecule has 1 amide bonds. The molecule has 0 radical (unpaired) electrons. The number of aromatic nitrogens is 2. The summed E-state index contributed by atoms with van der Waals surface area (Å²) in [6, 6.07) is -0.108. The van der Waals surface area contributed by atoms with E-state index in [1.54, 1.807) is 4.90 Å². The van der Waals surface area contributed by atoms with Gasteiger partial charge in [-0.1, -0.05) is 0 Å². The molecule has 2 heterocycles. The fourth-order valence-corrected chi connectivity index (χ4v) is 1.78. The molecule has 0 N–H and O–H groups in total. The van der Waals surface area contributed by atoms with E-state index in [4.69, 9.17) is 4.74 Å². The zero-order chi connectivity index (χ0) is 14.0. The number of alkyl halides is 3. The molecule has 0 bridgehead atoms. The minimum atomic E-state index is -4.46. The molecule has 0 saturated carbocycles. The summed E-state index contributed by atoms with van der Waals surface area (Å²) in [5.41, 5.74) is -0.920. The molecule has 1 unspecified atom stereocenters. The van der Waals surface area contributed by atoms with Gasteiger partial charge < -0.3 is 9.64 Å². The van der Waals surface area contributed by atoms with Crippen molar-refractivity contribution < 1.29 is 22.7 Å². The smallest absolute Gasteiger partial charge is 0.419 e. The van der Waals surface area contributed by atoms with Crippen LogP contribution in [0.3, 0.4) is 0 Å². The highest BCUT2D eigenvalue weighted by Crippen LogP contribution is 2.28. The van der Waals surface area contributed by atoms with Gasteiger partial charge in [-0.2, -0.15) is 13.2 Å². The molecule has 1 fully saturated rings. The molecular formula is C11H12F3N3O2. The van der Waals surface area contributed by atoms with Crippen molar-refractivity contribution in [3.05, 3.63) is 18.0 Å². The molecular weight excluding hydrogens is 263 g/mol. The predicted molar refractivity (Wildman–Crippen MR) is 58.3 cm³/mol. The second-order valence-electron chi connectivity index (χ2n) is 4.25. The van der Waals surface area contributed by atoms with Gasteiger partial charge in [0.2, 0.25) is 5.91 Å². The maximum Gasteiger partial charge on any atom is 0.419 e. The zero-order valence-corrected chi connectivity index (χ0v) is 10.1. The van der Waals surface area contributed by atoms with Gasteiger partial charge in [-0.05, 0) is 0 Å². The van der Waals surface area contributed by atoms with Crippen LogP contribution in [0.2, 0.25) is 0 Å². The Morgan fingerprint density at radius 3 is 2.53 bits per heavy atom. The van der Waals surface area contributed by atoms with Gasteiger partial charge in [0.25, 0.3) is 0 Å². The zero-order valence-electron chi connectivity index (χ0n) is 10.1. The van der Waals surface area contributed by atoms with E-state index in [0.29, 0.717) is 31.9 Å². The highest BCUT2D eigenvalue weighted by atomic mass is 19.4. The Kier molecular flexibility index (Phi) is 3.59. The minimum absolute atomic E-state index is 0.0561. The van der Waals surface area contributed by atoms with E-state index in [-0.39, 0.29) is 18.0 Å². The third-order valence-corrected chi connectivity index (χ3v) is 2.82. The van der Waals surface area contributed by atoms with Gasteiger partial charge in [0.1, 0.15) is 6.10 Å². The first-order valence-corrected chi connectivity index (χ1v) is 5.67. The lowest BCUT2D eigenvalue weighted by Crippen LogP contribution is -2.29. The molecule has 1 saturated heterocycles. The number of carbonyl (C=O) groups excluding carboxylic acids is 1. The van der Waals surface area contributed by atoms with Crippen LogP contribution in [-0.4, -0.2) is 40.0 Å². The molecule has 104 valence electrons. The Hall–Kier alpha value is -1.86. The first-order chi connectivity index (χ1) is 8.86. The third-order valence-electron chi connectivity index (χ3n) is 2.82. The van der Waals surface area contributed by atoms with Crippen LogP contribution in [0.25, 0.3) is 0 Å². The fraction of sp³-hybridized carbons (Fsp3) is 0.545. The number of nitrogens with zero attached hydrogens (tertiary/aromatic N) is 3. The first-order valence-electron chi connectivity index (χ1n) is 5.67. The Balaban J connectivity index is 1.96. The molecule has 1 aromatic heterocycles. The van der Waals surface area contributed by atoms with Gasteiger partial charge in [0.15, 0.2) is 0 Å². The standard InChI is InChI=1S/C11H12F3N3O2/c1-7(18)17-3-2-9(6-17)19-10-15-4-8(5-16-10)11(12,13)14/h4-5,9H,2-3,6H2,1H3. The van der Waals surface area contributed by atoms with Crippen LogP contribution < -0.4 is 4.74 Å². The average Bonchev–Trinajstić information content (AvgIpc) is 2.77. The summed E-state index contributed by atoms with van der Waals surface area (Å²) in [4.78, 5) is 19.8. The largest absolute Gasteiger partial charge is 0.458 e. The average molecular weight is 275 g/mol. The van der Waals surface area contributed by atoms with Crippen LogP contribution in [0.5, 0.6) is 6.01 Å². The Labute approximate surface area is 107 Å². The van der Waals surface area contributed by atoms with Crippen LogP contribution in [0.4, 0.5) is 13.2 Å².